The fraction of sp³-hybridized carbons (Fsp3) is 0.148. The molecule has 2 heterocycles. The molecular weight excluding hydrogens is 1230 g/mol. The molecule has 18 nitrogen and oxygen atoms in total. The maximum atomic E-state index is 13.1. The third kappa shape index (κ3) is 15.8. The number of nitrogen functional groups attached to an aromatic ring is 1. The summed E-state index contributed by atoms with van der Waals surface area (Å²) < 4.78 is 54.8. The van der Waals surface area contributed by atoms with Crippen molar-refractivity contribution in [3.63, 3.8) is 0 Å². The van der Waals surface area contributed by atoms with Gasteiger partial charge in [-0.15, -0.1) is 0 Å². The minimum Gasteiger partial charge on any atom is -0.506 e. The Labute approximate surface area is 500 Å². The van der Waals surface area contributed by atoms with E-state index in [9.17, 15) is 46.2 Å². The van der Waals surface area contributed by atoms with Gasteiger partial charge in [-0.05, 0) is 122 Å². The van der Waals surface area contributed by atoms with E-state index in [2.05, 4.69) is 26.1 Å². The van der Waals surface area contributed by atoms with Crippen LogP contribution in [0, 0.1) is 13.8 Å². The molecule has 3 amide bonds. The van der Waals surface area contributed by atoms with Crippen molar-refractivity contribution >= 4 is 147 Å². The summed E-state index contributed by atoms with van der Waals surface area (Å²) in [4.78, 5) is 49.3. The normalized spacial score (nSPS) is 11.9. The van der Waals surface area contributed by atoms with Gasteiger partial charge in [0, 0.05) is 24.5 Å². The van der Waals surface area contributed by atoms with E-state index in [1.54, 1.807) is 88.4 Å². The van der Waals surface area contributed by atoms with E-state index >= 15 is 0 Å². The summed E-state index contributed by atoms with van der Waals surface area (Å²) in [7, 11) is -7.86. The van der Waals surface area contributed by atoms with Crippen LogP contribution in [0.25, 0.3) is 11.4 Å². The molecule has 0 saturated heterocycles. The number of amides is 3. The molecule has 2 aromatic heterocycles. The van der Waals surface area contributed by atoms with Gasteiger partial charge in [0.1, 0.15) is 22.0 Å². The van der Waals surface area contributed by atoms with Gasteiger partial charge in [0.25, 0.3) is 11.1 Å². The molecule has 0 aliphatic heterocycles. The highest BCUT2D eigenvalue weighted by Crippen LogP contribution is 2.36. The van der Waals surface area contributed by atoms with E-state index in [1.165, 1.54) is 76.6 Å². The molecule has 27 heteroatoms. The Morgan fingerprint density at radius 1 is 0.543 bits per heavy atom. The zero-order chi connectivity index (χ0) is 59.7. The van der Waals surface area contributed by atoms with Crippen LogP contribution in [0.2, 0.25) is 30.1 Å². The average molecular weight is 1280 g/mol. The second kappa shape index (κ2) is 27.3. The second-order valence-corrected chi connectivity index (χ2v) is 24.6. The molecule has 2 atom stereocenters. The Morgan fingerprint density at radius 3 is 1.40 bits per heavy atom. The fourth-order valence-corrected chi connectivity index (χ4v) is 12.0. The number of aromatic hydroxyl groups is 2. The van der Waals surface area contributed by atoms with Crippen molar-refractivity contribution in [1.29, 1.82) is 0 Å². The van der Waals surface area contributed by atoms with Gasteiger partial charge in [-0.1, -0.05) is 108 Å². The molecule has 0 aliphatic carbocycles. The number of benzene rings is 6. The van der Waals surface area contributed by atoms with Gasteiger partial charge in [-0.2, -0.15) is 10.2 Å². The van der Waals surface area contributed by atoms with Crippen LogP contribution in [0.1, 0.15) is 58.5 Å². The third-order valence-electron chi connectivity index (χ3n) is 11.7. The summed E-state index contributed by atoms with van der Waals surface area (Å²) in [5, 5.41) is 34.2. The van der Waals surface area contributed by atoms with Gasteiger partial charge >= 0.3 is 0 Å². The van der Waals surface area contributed by atoms with Gasteiger partial charge < -0.3 is 31.9 Å². The molecule has 424 valence electrons. The molecule has 0 aliphatic rings. The first-order valence-electron chi connectivity index (χ1n) is 23.7. The van der Waals surface area contributed by atoms with E-state index in [-0.39, 0.29) is 66.7 Å². The van der Waals surface area contributed by atoms with E-state index < -0.39 is 58.9 Å². The lowest BCUT2D eigenvalue weighted by atomic mass is 10.2. The first-order chi connectivity index (χ1) is 38.1. The predicted molar refractivity (Wildman–Crippen MR) is 318 cm³/mol. The second-order valence-electron chi connectivity index (χ2n) is 17.5. The van der Waals surface area contributed by atoms with E-state index in [0.717, 1.165) is 17.2 Å². The lowest BCUT2D eigenvalue weighted by Crippen LogP contribution is -2.34. The van der Waals surface area contributed by atoms with E-state index in [0.29, 0.717) is 37.0 Å². The van der Waals surface area contributed by atoms with Crippen LogP contribution in [0.3, 0.4) is 0 Å². The summed E-state index contributed by atoms with van der Waals surface area (Å²) >= 11 is 41.3. The molecule has 81 heavy (non-hydrogen) atoms. The van der Waals surface area contributed by atoms with E-state index in [4.69, 9.17) is 86.9 Å². The Morgan fingerprint density at radius 2 is 0.975 bits per heavy atom. The number of rotatable bonds is 15. The highest BCUT2D eigenvalue weighted by molar-refractivity contribution is 7.93. The number of hydrogen-bond acceptors (Lipinski definition) is 13. The van der Waals surface area contributed by atoms with Crippen LogP contribution in [0.15, 0.2) is 144 Å². The predicted octanol–water partition coefficient (Wildman–Crippen LogP) is 13.0. The maximum absolute atomic E-state index is 13.1. The number of hydrogen-bond donors (Lipinski definition) is 6. The third-order valence-corrected chi connectivity index (χ3v) is 18.4. The zero-order valence-corrected chi connectivity index (χ0v) is 49.7. The molecule has 0 radical (unpaired) electrons. The van der Waals surface area contributed by atoms with Crippen molar-refractivity contribution in [2.45, 2.75) is 60.8 Å². The molecule has 0 fully saturated rings. The fourth-order valence-electron chi connectivity index (χ4n) is 7.46. The minimum absolute atomic E-state index is 0.00968. The van der Waals surface area contributed by atoms with Crippen molar-refractivity contribution in [2.75, 3.05) is 21.7 Å². The number of halogens is 7. The number of aryl methyl sites for hydroxylation is 2. The molecule has 0 bridgehead atoms. The van der Waals surface area contributed by atoms with Crippen LogP contribution in [-0.2, 0) is 29.3 Å². The first-order valence-corrected chi connectivity index (χ1v) is 29.4. The van der Waals surface area contributed by atoms with Gasteiger partial charge in [0.05, 0.1) is 97.6 Å². The van der Waals surface area contributed by atoms with E-state index in [1.807, 2.05) is 0 Å². The summed E-state index contributed by atoms with van der Waals surface area (Å²) in [5.74, 6) is -2.79. The SMILES string of the molecule is CCC(C(=O)Nc1cc(O)c(N)cc1Cl)S(=O)(=O)c1cccc(C)c1.CCC(C(=O)Nc1cc(O)c(NC(=O)c2cnn(-c3ccc(Cl)c(Cl)c3)c2)cc1Cl)S(=O)(=O)c1cccc(C)c1.O=C(Cl)c1cnn(-c2ccc(Cl)c(Cl)c2)c1. The average Bonchev–Trinajstić information content (AvgIpc) is 4.19. The van der Waals surface area contributed by atoms with Crippen LogP contribution < -0.4 is 21.7 Å². The van der Waals surface area contributed by atoms with Crippen molar-refractivity contribution in [3.8, 4) is 22.9 Å². The standard InChI is InChI=1S/C27H23Cl3N4O5S.C17H19ClN2O4S.C10H5Cl3N2O/c1-3-25(40(38,39)18-6-4-5-15(2)9-18)27(37)32-22-12-24(35)23(11-21(22)30)33-26(36)16-13-31-34(14-16)17-7-8-19(28)20(29)10-17;1-3-16(25(23,24)11-6-4-5-10(2)7-11)17(22)20-14-9-15(21)13(19)8-12(14)18;11-8-2-1-7(3-9(8)12)15-5-6(4-14-15)10(13)16/h4-14,25,35H,3H2,1-2H3,(H,32,37)(H,33,36);4-9,16,21H,3,19H2,1-2H3,(H,20,22);1-5H. The molecule has 2 unspecified atom stereocenters. The molecule has 8 aromatic rings. The lowest BCUT2D eigenvalue weighted by Gasteiger charge is -2.18. The molecular formula is C54H47Cl7N8O10S2. The minimum atomic E-state index is -3.99. The number of nitrogens with zero attached hydrogens (tertiary/aromatic N) is 4. The van der Waals surface area contributed by atoms with Crippen LogP contribution in [0.4, 0.5) is 22.7 Å². The maximum Gasteiger partial charge on any atom is 0.258 e. The molecule has 7 N–H and O–H groups in total. The lowest BCUT2D eigenvalue weighted by molar-refractivity contribution is -0.116. The number of phenols is 2. The van der Waals surface area contributed by atoms with Crippen molar-refractivity contribution in [1.82, 2.24) is 19.6 Å². The molecule has 6 aromatic carbocycles. The summed E-state index contributed by atoms with van der Waals surface area (Å²) in [6, 6.07) is 27.4. The number of anilines is 4. The number of sulfone groups is 2. The van der Waals surface area contributed by atoms with Gasteiger partial charge in [-0.3, -0.25) is 19.2 Å². The quantitative estimate of drug-likeness (QED) is 0.0317. The van der Waals surface area contributed by atoms with Gasteiger partial charge in [0.2, 0.25) is 11.8 Å². The van der Waals surface area contributed by atoms with Crippen LogP contribution >= 0.6 is 81.2 Å². The van der Waals surface area contributed by atoms with Crippen molar-refractivity contribution in [2.24, 2.45) is 0 Å². The molecule has 0 saturated carbocycles. The van der Waals surface area contributed by atoms with Crippen molar-refractivity contribution in [3.05, 3.63) is 186 Å². The molecule has 0 spiro atoms. The monoisotopic (exact) mass is 1280 g/mol. The number of nitrogens with one attached hydrogen (secondary N) is 3. The Hall–Kier alpha value is -6.85. The number of aromatic nitrogens is 4. The van der Waals surface area contributed by atoms with Crippen LogP contribution in [0.5, 0.6) is 11.5 Å². The Kier molecular flexibility index (Phi) is 21.3. The molecule has 8 rings (SSSR count). The Bertz CT molecular complexity index is 3940. The number of phenolic OH excluding ortho intramolecular Hbond substituents is 2. The smallest absolute Gasteiger partial charge is 0.258 e. The summed E-state index contributed by atoms with van der Waals surface area (Å²) in [6.45, 7) is 6.72. The number of carbonyl (C=O) groups is 4. The highest BCUT2D eigenvalue weighted by atomic mass is 35.5. The highest BCUT2D eigenvalue weighted by Gasteiger charge is 2.34. The zero-order valence-electron chi connectivity index (χ0n) is 42.8. The largest absolute Gasteiger partial charge is 0.506 e. The van der Waals surface area contributed by atoms with Crippen LogP contribution in [-0.4, -0.2) is 80.1 Å². The van der Waals surface area contributed by atoms with Crippen molar-refractivity contribution < 1.29 is 46.2 Å². The number of carbonyl (C=O) groups excluding carboxylic acids is 4. The summed E-state index contributed by atoms with van der Waals surface area (Å²) in [5.41, 5.74) is 8.92. The first kappa shape index (κ1) is 63.3. The summed E-state index contributed by atoms with van der Waals surface area (Å²) in [6.07, 6.45) is 5.79. The van der Waals surface area contributed by atoms with Gasteiger partial charge in [0.15, 0.2) is 19.7 Å². The topological polar surface area (TPSA) is 275 Å². The number of nitrogens with two attached hydrogens (primary N) is 1. The van der Waals surface area contributed by atoms with Gasteiger partial charge in [-0.25, -0.2) is 26.2 Å². The Balaban J connectivity index is 0.000000218.